The van der Waals surface area contributed by atoms with Crippen LogP contribution < -0.4 is 4.90 Å². The van der Waals surface area contributed by atoms with Crippen LogP contribution in [0.2, 0.25) is 0 Å². The predicted molar refractivity (Wildman–Crippen MR) is 93.7 cm³/mol. The molecule has 1 aliphatic heterocycles. The summed E-state index contributed by atoms with van der Waals surface area (Å²) >= 11 is 0. The van der Waals surface area contributed by atoms with Crippen LogP contribution in [0.4, 0.5) is 5.69 Å². The molecule has 1 aromatic rings. The van der Waals surface area contributed by atoms with Gasteiger partial charge in [0.05, 0.1) is 18.8 Å². The number of anilines is 1. The SMILES string of the molecule is C[C@H]1CN(CC(=O)N(C)Cc2ccc(N(C)C)cc2)C[C@H](C)O1. The second-order valence-corrected chi connectivity index (χ2v) is 6.76. The number of hydrogen-bond donors (Lipinski definition) is 0. The third-order valence-electron chi connectivity index (χ3n) is 4.15. The highest BCUT2D eigenvalue weighted by atomic mass is 16.5. The third kappa shape index (κ3) is 5.22. The Morgan fingerprint density at radius 2 is 1.70 bits per heavy atom. The molecule has 2 atom stereocenters. The van der Waals surface area contributed by atoms with E-state index in [0.29, 0.717) is 13.1 Å². The van der Waals surface area contributed by atoms with Crippen LogP contribution in [-0.2, 0) is 16.1 Å². The van der Waals surface area contributed by atoms with E-state index in [9.17, 15) is 4.79 Å². The van der Waals surface area contributed by atoms with Crippen LogP contribution >= 0.6 is 0 Å². The molecule has 5 heteroatoms. The number of rotatable bonds is 5. The zero-order valence-electron chi connectivity index (χ0n) is 15.0. The Kier molecular flexibility index (Phi) is 6.02. The Balaban J connectivity index is 1.87. The number of hydrogen-bond acceptors (Lipinski definition) is 4. The van der Waals surface area contributed by atoms with Crippen molar-refractivity contribution < 1.29 is 9.53 Å². The molecule has 0 bridgehead atoms. The molecule has 0 radical (unpaired) electrons. The van der Waals surface area contributed by atoms with Gasteiger partial charge in [0, 0.05) is 46.5 Å². The molecule has 128 valence electrons. The summed E-state index contributed by atoms with van der Waals surface area (Å²) < 4.78 is 5.71. The van der Waals surface area contributed by atoms with Crippen molar-refractivity contribution >= 4 is 11.6 Å². The first-order chi connectivity index (χ1) is 10.8. The minimum Gasteiger partial charge on any atom is -0.378 e. The van der Waals surface area contributed by atoms with Gasteiger partial charge < -0.3 is 14.5 Å². The highest BCUT2D eigenvalue weighted by molar-refractivity contribution is 5.78. The van der Waals surface area contributed by atoms with Crippen molar-refractivity contribution in [3.05, 3.63) is 29.8 Å². The van der Waals surface area contributed by atoms with Gasteiger partial charge in [0.15, 0.2) is 0 Å². The lowest BCUT2D eigenvalue weighted by atomic mass is 10.2. The molecule has 1 amide bonds. The molecule has 2 rings (SSSR count). The Labute approximate surface area is 139 Å². The fourth-order valence-electron chi connectivity index (χ4n) is 2.99. The largest absolute Gasteiger partial charge is 0.378 e. The van der Waals surface area contributed by atoms with E-state index in [1.54, 1.807) is 4.90 Å². The summed E-state index contributed by atoms with van der Waals surface area (Å²) in [6, 6.07) is 8.33. The fourth-order valence-corrected chi connectivity index (χ4v) is 2.99. The van der Waals surface area contributed by atoms with Crippen LogP contribution in [0.1, 0.15) is 19.4 Å². The highest BCUT2D eigenvalue weighted by Gasteiger charge is 2.24. The van der Waals surface area contributed by atoms with Crippen molar-refractivity contribution in [3.8, 4) is 0 Å². The Morgan fingerprint density at radius 3 is 2.22 bits per heavy atom. The quantitative estimate of drug-likeness (QED) is 0.829. The van der Waals surface area contributed by atoms with Gasteiger partial charge in [-0.2, -0.15) is 0 Å². The smallest absolute Gasteiger partial charge is 0.236 e. The third-order valence-corrected chi connectivity index (χ3v) is 4.15. The Bertz CT molecular complexity index is 506. The minimum atomic E-state index is 0.156. The molecular formula is C18H29N3O2. The molecule has 5 nitrogen and oxygen atoms in total. The summed E-state index contributed by atoms with van der Waals surface area (Å²) in [7, 11) is 5.92. The topological polar surface area (TPSA) is 36.0 Å². The molecule has 1 saturated heterocycles. The van der Waals surface area contributed by atoms with Gasteiger partial charge in [-0.15, -0.1) is 0 Å². The minimum absolute atomic E-state index is 0.156. The van der Waals surface area contributed by atoms with E-state index in [1.807, 2.05) is 21.1 Å². The summed E-state index contributed by atoms with van der Waals surface area (Å²) in [6.45, 7) is 6.86. The molecular weight excluding hydrogens is 290 g/mol. The monoisotopic (exact) mass is 319 g/mol. The average molecular weight is 319 g/mol. The maximum atomic E-state index is 12.4. The Hall–Kier alpha value is -1.59. The van der Waals surface area contributed by atoms with Gasteiger partial charge in [-0.1, -0.05) is 12.1 Å². The lowest BCUT2D eigenvalue weighted by Gasteiger charge is -2.35. The van der Waals surface area contributed by atoms with Crippen LogP contribution in [-0.4, -0.2) is 68.7 Å². The summed E-state index contributed by atoms with van der Waals surface area (Å²) in [6.07, 6.45) is 0.380. The van der Waals surface area contributed by atoms with E-state index < -0.39 is 0 Å². The summed E-state index contributed by atoms with van der Waals surface area (Å²) in [5.74, 6) is 0.156. The zero-order chi connectivity index (χ0) is 17.0. The number of carbonyl (C=O) groups is 1. The van der Waals surface area contributed by atoms with Crippen LogP contribution in [0.3, 0.4) is 0 Å². The summed E-state index contributed by atoms with van der Waals surface area (Å²) in [5, 5.41) is 0. The van der Waals surface area contributed by atoms with Crippen molar-refractivity contribution in [1.82, 2.24) is 9.80 Å². The number of nitrogens with zero attached hydrogens (tertiary/aromatic N) is 3. The van der Waals surface area contributed by atoms with Gasteiger partial charge in [0.1, 0.15) is 0 Å². The number of carbonyl (C=O) groups excluding carboxylic acids is 1. The predicted octanol–water partition coefficient (Wildman–Crippen LogP) is 1.82. The molecule has 1 aliphatic rings. The van der Waals surface area contributed by atoms with Crippen molar-refractivity contribution in [2.24, 2.45) is 0 Å². The molecule has 1 aromatic carbocycles. The Morgan fingerprint density at radius 1 is 1.13 bits per heavy atom. The average Bonchev–Trinajstić information content (AvgIpc) is 2.46. The number of ether oxygens (including phenoxy) is 1. The molecule has 0 aliphatic carbocycles. The number of morpholine rings is 1. The lowest BCUT2D eigenvalue weighted by molar-refractivity contribution is -0.135. The number of benzene rings is 1. The van der Waals surface area contributed by atoms with Crippen molar-refractivity contribution in [2.45, 2.75) is 32.6 Å². The second-order valence-electron chi connectivity index (χ2n) is 6.76. The van der Waals surface area contributed by atoms with Crippen LogP contribution in [0, 0.1) is 0 Å². The fraction of sp³-hybridized carbons (Fsp3) is 0.611. The maximum absolute atomic E-state index is 12.4. The van der Waals surface area contributed by atoms with Gasteiger partial charge in [-0.05, 0) is 31.5 Å². The number of amides is 1. The first kappa shape index (κ1) is 17.8. The second kappa shape index (κ2) is 7.79. The van der Waals surface area contributed by atoms with Gasteiger partial charge in [-0.25, -0.2) is 0 Å². The first-order valence-electron chi connectivity index (χ1n) is 8.23. The van der Waals surface area contributed by atoms with Crippen LogP contribution in [0.15, 0.2) is 24.3 Å². The molecule has 1 fully saturated rings. The van der Waals surface area contributed by atoms with Crippen LogP contribution in [0.25, 0.3) is 0 Å². The van der Waals surface area contributed by atoms with E-state index in [-0.39, 0.29) is 18.1 Å². The molecule has 0 saturated carbocycles. The number of likely N-dealkylation sites (N-methyl/N-ethyl adjacent to an activating group) is 1. The van der Waals surface area contributed by atoms with Gasteiger partial charge in [-0.3, -0.25) is 9.69 Å². The van der Waals surface area contributed by atoms with E-state index in [0.717, 1.165) is 18.7 Å². The van der Waals surface area contributed by atoms with E-state index >= 15 is 0 Å². The summed E-state index contributed by atoms with van der Waals surface area (Å²) in [5.41, 5.74) is 2.31. The first-order valence-corrected chi connectivity index (χ1v) is 8.23. The van der Waals surface area contributed by atoms with E-state index in [4.69, 9.17) is 4.74 Å². The van der Waals surface area contributed by atoms with Gasteiger partial charge in [0.2, 0.25) is 5.91 Å². The van der Waals surface area contributed by atoms with Crippen molar-refractivity contribution in [2.75, 3.05) is 45.7 Å². The molecule has 1 heterocycles. The van der Waals surface area contributed by atoms with Gasteiger partial charge in [0.25, 0.3) is 0 Å². The van der Waals surface area contributed by atoms with Crippen molar-refractivity contribution in [3.63, 3.8) is 0 Å². The molecule has 0 spiro atoms. The molecule has 23 heavy (non-hydrogen) atoms. The molecule has 0 N–H and O–H groups in total. The highest BCUT2D eigenvalue weighted by Crippen LogP contribution is 2.14. The molecule has 0 aromatic heterocycles. The van der Waals surface area contributed by atoms with E-state index in [2.05, 4.69) is 47.9 Å². The van der Waals surface area contributed by atoms with Crippen LogP contribution in [0.5, 0.6) is 0 Å². The van der Waals surface area contributed by atoms with E-state index in [1.165, 1.54) is 5.69 Å². The molecule has 0 unspecified atom stereocenters. The maximum Gasteiger partial charge on any atom is 0.236 e. The normalized spacial score (nSPS) is 22.0. The lowest BCUT2D eigenvalue weighted by Crippen LogP contribution is -2.49. The van der Waals surface area contributed by atoms with Crippen molar-refractivity contribution in [1.29, 1.82) is 0 Å². The standard InChI is InChI=1S/C18H29N3O2/c1-14-10-21(11-15(2)23-14)13-18(22)20(5)12-16-6-8-17(9-7-16)19(3)4/h6-9,14-15H,10-13H2,1-5H3/t14-,15-/m0/s1. The van der Waals surface area contributed by atoms with Gasteiger partial charge >= 0.3 is 0 Å². The zero-order valence-corrected chi connectivity index (χ0v) is 15.0. The summed E-state index contributed by atoms with van der Waals surface area (Å²) in [4.78, 5) is 18.5.